The lowest BCUT2D eigenvalue weighted by atomic mass is 9.91. The average Bonchev–Trinajstić information content (AvgIpc) is 3.09. The van der Waals surface area contributed by atoms with E-state index in [0.717, 1.165) is 46.4 Å². The molecule has 4 nitrogen and oxygen atoms in total. The van der Waals surface area contributed by atoms with Crippen molar-refractivity contribution in [2.75, 3.05) is 13.1 Å². The highest BCUT2D eigenvalue weighted by Crippen LogP contribution is 2.35. The number of carbonyl (C=O) groups excluding carboxylic acids is 1. The monoisotopic (exact) mass is 370 g/mol. The van der Waals surface area contributed by atoms with Crippen LogP contribution in [-0.2, 0) is 4.79 Å². The van der Waals surface area contributed by atoms with E-state index >= 15 is 0 Å². The Morgan fingerprint density at radius 3 is 2.57 bits per heavy atom. The van der Waals surface area contributed by atoms with E-state index in [4.69, 9.17) is 0 Å². The predicted molar refractivity (Wildman–Crippen MR) is 115 cm³/mol. The Hall–Kier alpha value is -3.53. The van der Waals surface area contributed by atoms with E-state index in [2.05, 4.69) is 49.0 Å². The second-order valence-corrected chi connectivity index (χ2v) is 7.08. The molecule has 1 aliphatic heterocycles. The number of H-pyrrole nitrogens is 1. The van der Waals surface area contributed by atoms with Gasteiger partial charge >= 0.3 is 0 Å². The molecule has 140 valence electrons. The molecule has 0 aliphatic carbocycles. The normalized spacial score (nSPS) is 13.9. The van der Waals surface area contributed by atoms with Crippen LogP contribution in [-0.4, -0.2) is 34.0 Å². The minimum Gasteiger partial charge on any atom is -0.508 e. The van der Waals surface area contributed by atoms with Crippen molar-refractivity contribution in [3.63, 3.8) is 0 Å². The number of likely N-dealkylation sites (tertiary alicyclic amines) is 1. The summed E-state index contributed by atoms with van der Waals surface area (Å²) in [6, 6.07) is 11.8. The van der Waals surface area contributed by atoms with E-state index in [1.165, 1.54) is 11.6 Å². The second-order valence-electron chi connectivity index (χ2n) is 7.08. The number of fused-ring (bicyclic) bond motifs is 1. The van der Waals surface area contributed by atoms with Crippen LogP contribution in [0.5, 0.6) is 5.75 Å². The largest absolute Gasteiger partial charge is 0.508 e. The van der Waals surface area contributed by atoms with Crippen molar-refractivity contribution >= 4 is 29.0 Å². The molecule has 0 atom stereocenters. The average molecular weight is 370 g/mol. The molecule has 0 bridgehead atoms. The SMILES string of the molecule is C=CC(=O)N1CC(c2ccc3cc(-c4cc(O)cc(C=C)c4C=C)[nH]c3c2)C1. The van der Waals surface area contributed by atoms with Gasteiger partial charge in [-0.3, -0.25) is 4.79 Å². The molecular weight excluding hydrogens is 348 g/mol. The van der Waals surface area contributed by atoms with Crippen molar-refractivity contribution in [1.29, 1.82) is 0 Å². The molecule has 2 aromatic carbocycles. The van der Waals surface area contributed by atoms with E-state index in [9.17, 15) is 9.90 Å². The lowest BCUT2D eigenvalue weighted by Gasteiger charge is -2.39. The van der Waals surface area contributed by atoms with Crippen molar-refractivity contribution < 1.29 is 9.90 Å². The van der Waals surface area contributed by atoms with Crippen LogP contribution in [0.3, 0.4) is 0 Å². The minimum atomic E-state index is -0.0154. The number of hydrogen-bond acceptors (Lipinski definition) is 2. The molecule has 2 N–H and O–H groups in total. The van der Waals surface area contributed by atoms with Crippen LogP contribution >= 0.6 is 0 Å². The maximum atomic E-state index is 11.6. The molecule has 1 amide bonds. The van der Waals surface area contributed by atoms with Crippen LogP contribution in [0.4, 0.5) is 0 Å². The van der Waals surface area contributed by atoms with Gasteiger partial charge in [0, 0.05) is 41.2 Å². The van der Waals surface area contributed by atoms with E-state index < -0.39 is 0 Å². The fourth-order valence-electron chi connectivity index (χ4n) is 3.82. The number of rotatable bonds is 5. The summed E-state index contributed by atoms with van der Waals surface area (Å²) >= 11 is 0. The summed E-state index contributed by atoms with van der Waals surface area (Å²) in [4.78, 5) is 16.9. The number of amides is 1. The molecule has 0 unspecified atom stereocenters. The van der Waals surface area contributed by atoms with E-state index in [1.54, 1.807) is 29.2 Å². The summed E-state index contributed by atoms with van der Waals surface area (Å²) in [6.45, 7) is 12.7. The van der Waals surface area contributed by atoms with Gasteiger partial charge in [0.15, 0.2) is 0 Å². The maximum absolute atomic E-state index is 11.6. The number of nitrogens with zero attached hydrogens (tertiary/aromatic N) is 1. The van der Waals surface area contributed by atoms with Gasteiger partial charge in [-0.2, -0.15) is 0 Å². The summed E-state index contributed by atoms with van der Waals surface area (Å²) in [5.74, 6) is 0.520. The highest BCUT2D eigenvalue weighted by atomic mass is 16.3. The zero-order valence-electron chi connectivity index (χ0n) is 15.6. The van der Waals surface area contributed by atoms with Gasteiger partial charge in [0.25, 0.3) is 0 Å². The lowest BCUT2D eigenvalue weighted by Crippen LogP contribution is -2.47. The van der Waals surface area contributed by atoms with E-state index in [0.29, 0.717) is 5.92 Å². The highest BCUT2D eigenvalue weighted by Gasteiger charge is 2.30. The van der Waals surface area contributed by atoms with Crippen LogP contribution in [0, 0.1) is 0 Å². The summed E-state index contributed by atoms with van der Waals surface area (Å²) in [7, 11) is 0. The zero-order chi connectivity index (χ0) is 19.8. The summed E-state index contributed by atoms with van der Waals surface area (Å²) in [5.41, 5.74) is 5.80. The molecule has 0 spiro atoms. The van der Waals surface area contributed by atoms with Gasteiger partial charge < -0.3 is 15.0 Å². The Morgan fingerprint density at radius 1 is 1.11 bits per heavy atom. The lowest BCUT2D eigenvalue weighted by molar-refractivity contribution is -0.130. The van der Waals surface area contributed by atoms with Crippen molar-refractivity contribution in [1.82, 2.24) is 9.88 Å². The number of aromatic nitrogens is 1. The molecule has 1 fully saturated rings. The molecule has 1 saturated heterocycles. The van der Waals surface area contributed by atoms with Gasteiger partial charge in [-0.15, -0.1) is 0 Å². The van der Waals surface area contributed by atoms with E-state index in [1.807, 2.05) is 0 Å². The van der Waals surface area contributed by atoms with Crippen LogP contribution in [0.25, 0.3) is 34.3 Å². The molecule has 1 aliphatic rings. The Morgan fingerprint density at radius 2 is 1.89 bits per heavy atom. The smallest absolute Gasteiger partial charge is 0.245 e. The Balaban J connectivity index is 1.69. The van der Waals surface area contributed by atoms with Crippen LogP contribution in [0.15, 0.2) is 62.2 Å². The third kappa shape index (κ3) is 2.93. The highest BCUT2D eigenvalue weighted by molar-refractivity contribution is 5.90. The summed E-state index contributed by atoms with van der Waals surface area (Å²) in [5, 5.41) is 11.2. The quantitative estimate of drug-likeness (QED) is 0.625. The molecular formula is C24H22N2O2. The fraction of sp³-hybridized carbons (Fsp3) is 0.125. The van der Waals surface area contributed by atoms with Crippen molar-refractivity contribution in [3.05, 3.63) is 78.9 Å². The van der Waals surface area contributed by atoms with Gasteiger partial charge in [-0.25, -0.2) is 0 Å². The molecule has 2 heterocycles. The van der Waals surface area contributed by atoms with Gasteiger partial charge in [0.05, 0.1) is 0 Å². The first-order valence-electron chi connectivity index (χ1n) is 9.20. The van der Waals surface area contributed by atoms with Crippen LogP contribution in [0.1, 0.15) is 22.6 Å². The van der Waals surface area contributed by atoms with Crippen molar-refractivity contribution in [3.8, 4) is 17.0 Å². The van der Waals surface area contributed by atoms with Gasteiger partial charge in [-0.1, -0.05) is 44.0 Å². The number of phenolic OH excluding ortho intramolecular Hbond substituents is 1. The third-order valence-electron chi connectivity index (χ3n) is 5.40. The number of benzene rings is 2. The number of nitrogens with one attached hydrogen (secondary N) is 1. The molecule has 4 heteroatoms. The molecule has 1 aromatic heterocycles. The number of aromatic hydroxyl groups is 1. The third-order valence-corrected chi connectivity index (χ3v) is 5.40. The molecule has 28 heavy (non-hydrogen) atoms. The number of carbonyl (C=O) groups is 1. The Bertz CT molecular complexity index is 1120. The first-order chi connectivity index (χ1) is 13.5. The number of aromatic amines is 1. The summed E-state index contributed by atoms with van der Waals surface area (Å²) in [6.07, 6.45) is 4.86. The van der Waals surface area contributed by atoms with Crippen LogP contribution < -0.4 is 0 Å². The first-order valence-corrected chi connectivity index (χ1v) is 9.20. The maximum Gasteiger partial charge on any atom is 0.245 e. The van der Waals surface area contributed by atoms with Gasteiger partial charge in [0.2, 0.25) is 5.91 Å². The summed E-state index contributed by atoms with van der Waals surface area (Å²) < 4.78 is 0. The van der Waals surface area contributed by atoms with E-state index in [-0.39, 0.29) is 11.7 Å². The second kappa shape index (κ2) is 6.89. The standard InChI is InChI=1S/C24H22N2O2/c1-4-15-9-19(27)12-21(20(15)5-2)23-11-17-8-7-16(10-22(17)25-23)18-13-26(14-18)24(28)6-3/h4-12,18,25,27H,1-3,13-14H2. The minimum absolute atomic E-state index is 0.0154. The molecule has 3 aromatic rings. The van der Waals surface area contributed by atoms with Gasteiger partial charge in [0.1, 0.15) is 5.75 Å². The van der Waals surface area contributed by atoms with Crippen LogP contribution in [0.2, 0.25) is 0 Å². The van der Waals surface area contributed by atoms with Gasteiger partial charge in [-0.05, 0) is 47.0 Å². The topological polar surface area (TPSA) is 56.3 Å². The molecule has 0 radical (unpaired) electrons. The first kappa shape index (κ1) is 17.9. The fourth-order valence-corrected chi connectivity index (χ4v) is 3.82. The predicted octanol–water partition coefficient (Wildman–Crippen LogP) is 4.94. The van der Waals surface area contributed by atoms with Crippen molar-refractivity contribution in [2.45, 2.75) is 5.92 Å². The number of hydrogen-bond donors (Lipinski definition) is 2. The Kier molecular flexibility index (Phi) is 4.40. The molecule has 0 saturated carbocycles. The molecule has 4 rings (SSSR count). The Labute approximate surface area is 164 Å². The number of phenols is 1. The zero-order valence-corrected chi connectivity index (χ0v) is 15.6. The van der Waals surface area contributed by atoms with Crippen molar-refractivity contribution in [2.24, 2.45) is 0 Å².